The monoisotopic (exact) mass is 547 g/mol. The number of nitro groups is 1. The van der Waals surface area contributed by atoms with Gasteiger partial charge in [0.05, 0.1) is 29.2 Å². The van der Waals surface area contributed by atoms with Crippen LogP contribution in [0.15, 0.2) is 65.6 Å². The van der Waals surface area contributed by atoms with Gasteiger partial charge in [0.15, 0.2) is 0 Å². The Morgan fingerprint density at radius 1 is 1.14 bits per heavy atom. The lowest BCUT2D eigenvalue weighted by Crippen LogP contribution is -2.41. The van der Waals surface area contributed by atoms with Crippen molar-refractivity contribution in [3.63, 3.8) is 0 Å². The van der Waals surface area contributed by atoms with Crippen molar-refractivity contribution >= 4 is 38.9 Å². The zero-order valence-corrected chi connectivity index (χ0v) is 22.0. The molecule has 196 valence electrons. The molecule has 0 atom stereocenters. The van der Waals surface area contributed by atoms with Crippen molar-refractivity contribution in [2.45, 2.75) is 25.3 Å². The Morgan fingerprint density at radius 2 is 1.89 bits per heavy atom. The van der Waals surface area contributed by atoms with Gasteiger partial charge in [0.1, 0.15) is 18.0 Å². The maximum atomic E-state index is 13.7. The van der Waals surface area contributed by atoms with Gasteiger partial charge in [-0.1, -0.05) is 29.8 Å². The van der Waals surface area contributed by atoms with Gasteiger partial charge in [0.2, 0.25) is 5.91 Å². The van der Waals surface area contributed by atoms with Crippen LogP contribution in [0.5, 0.6) is 11.5 Å². The Bertz CT molecular complexity index is 1410. The van der Waals surface area contributed by atoms with Crippen LogP contribution >= 0.6 is 11.6 Å². The van der Waals surface area contributed by atoms with Gasteiger partial charge in [-0.15, -0.1) is 0 Å². The van der Waals surface area contributed by atoms with Crippen molar-refractivity contribution in [2.75, 3.05) is 24.6 Å². The predicted octanol–water partition coefficient (Wildman–Crippen LogP) is 4.48. The minimum atomic E-state index is -4.46. The number of methoxy groups -OCH3 is 1. The number of benzene rings is 3. The number of nitrogens with one attached hydrogen (secondary N) is 1. The van der Waals surface area contributed by atoms with Gasteiger partial charge in [0.25, 0.3) is 15.7 Å². The summed E-state index contributed by atoms with van der Waals surface area (Å²) < 4.78 is 39.1. The van der Waals surface area contributed by atoms with Crippen LogP contribution in [0.3, 0.4) is 0 Å². The summed E-state index contributed by atoms with van der Waals surface area (Å²) in [4.78, 5) is 23.4. The molecule has 0 unspecified atom stereocenters. The van der Waals surface area contributed by atoms with E-state index in [1.807, 2.05) is 6.92 Å². The number of amides is 1. The predicted molar refractivity (Wildman–Crippen MR) is 140 cm³/mol. The zero-order valence-electron chi connectivity index (χ0n) is 20.4. The number of halogens is 1. The summed E-state index contributed by atoms with van der Waals surface area (Å²) in [5, 5.41) is 14.3. The third-order valence-corrected chi connectivity index (χ3v) is 7.35. The van der Waals surface area contributed by atoms with Gasteiger partial charge < -0.3 is 14.8 Å². The van der Waals surface area contributed by atoms with Gasteiger partial charge in [-0.05, 0) is 55.8 Å². The first-order chi connectivity index (χ1) is 17.6. The smallest absolute Gasteiger partial charge is 0.273 e. The molecule has 0 radical (unpaired) electrons. The largest absolute Gasteiger partial charge is 0.495 e. The minimum Gasteiger partial charge on any atom is -0.495 e. The molecular formula is C25H26ClN3O7S. The maximum absolute atomic E-state index is 13.7. The normalized spacial score (nSPS) is 11.0. The van der Waals surface area contributed by atoms with E-state index in [2.05, 4.69) is 5.32 Å². The summed E-state index contributed by atoms with van der Waals surface area (Å²) in [6, 6.07) is 15.0. The molecule has 3 rings (SSSR count). The first-order valence-corrected chi connectivity index (χ1v) is 13.0. The lowest BCUT2D eigenvalue weighted by atomic mass is 10.2. The van der Waals surface area contributed by atoms with E-state index in [-0.39, 0.29) is 33.6 Å². The van der Waals surface area contributed by atoms with Crippen LogP contribution in [0.2, 0.25) is 5.02 Å². The topological polar surface area (TPSA) is 128 Å². The van der Waals surface area contributed by atoms with E-state index >= 15 is 0 Å². The van der Waals surface area contributed by atoms with Gasteiger partial charge >= 0.3 is 0 Å². The molecule has 0 aliphatic heterocycles. The first-order valence-electron chi connectivity index (χ1n) is 11.2. The minimum absolute atomic E-state index is 0.00622. The van der Waals surface area contributed by atoms with E-state index in [0.717, 1.165) is 15.9 Å². The van der Waals surface area contributed by atoms with Crippen LogP contribution in [0.4, 0.5) is 11.4 Å². The highest BCUT2D eigenvalue weighted by Crippen LogP contribution is 2.35. The number of ether oxygens (including phenoxy) is 2. The molecule has 37 heavy (non-hydrogen) atoms. The van der Waals surface area contributed by atoms with Crippen LogP contribution in [0, 0.1) is 17.0 Å². The van der Waals surface area contributed by atoms with Gasteiger partial charge in [-0.25, -0.2) is 8.42 Å². The number of carbonyl (C=O) groups excluding carboxylic acids is 1. The van der Waals surface area contributed by atoms with E-state index in [1.165, 1.54) is 44.4 Å². The molecule has 0 saturated heterocycles. The van der Waals surface area contributed by atoms with Gasteiger partial charge in [0, 0.05) is 23.2 Å². The highest BCUT2D eigenvalue weighted by atomic mass is 35.5. The molecule has 12 heteroatoms. The van der Waals surface area contributed by atoms with Crippen molar-refractivity contribution in [3.8, 4) is 11.5 Å². The van der Waals surface area contributed by atoms with Gasteiger partial charge in [-0.2, -0.15) is 0 Å². The molecule has 1 N–H and O–H groups in total. The number of nitro benzene ring substituents is 1. The highest BCUT2D eigenvalue weighted by molar-refractivity contribution is 7.92. The molecule has 0 saturated carbocycles. The molecule has 10 nitrogen and oxygen atoms in total. The van der Waals surface area contributed by atoms with Crippen LogP contribution in [0.25, 0.3) is 0 Å². The number of sulfonamides is 1. The number of carbonyl (C=O) groups is 1. The molecule has 0 fully saturated rings. The van der Waals surface area contributed by atoms with Crippen LogP contribution < -0.4 is 19.1 Å². The summed E-state index contributed by atoms with van der Waals surface area (Å²) in [6.45, 7) is 3.33. The van der Waals surface area contributed by atoms with E-state index in [9.17, 15) is 23.3 Å². The standard InChI is InChI=1S/C25H26ClN3O7S/c1-4-36-20-7-5-6-18(12-20)15-27-25(30)16-28(23-13-19(26)9-11-24(23)35-3)37(33,34)21-10-8-17(2)22(14-21)29(31)32/h5-14H,4,15-16H2,1-3H3,(H,27,30). The third kappa shape index (κ3) is 6.69. The summed E-state index contributed by atoms with van der Waals surface area (Å²) in [5.74, 6) is 0.170. The summed E-state index contributed by atoms with van der Waals surface area (Å²) >= 11 is 6.14. The highest BCUT2D eigenvalue weighted by Gasteiger charge is 2.31. The number of rotatable bonds is 11. The Balaban J connectivity index is 1.97. The molecular weight excluding hydrogens is 522 g/mol. The average Bonchev–Trinajstić information content (AvgIpc) is 2.86. The lowest BCUT2D eigenvalue weighted by Gasteiger charge is -2.26. The molecule has 0 aliphatic rings. The van der Waals surface area contributed by atoms with E-state index < -0.39 is 27.4 Å². The molecule has 0 aromatic heterocycles. The number of aryl methyl sites for hydroxylation is 1. The van der Waals surface area contributed by atoms with Crippen molar-refractivity contribution in [3.05, 3.63) is 86.9 Å². The first kappa shape index (κ1) is 27.8. The summed E-state index contributed by atoms with van der Waals surface area (Å²) in [6.07, 6.45) is 0. The second kappa shape index (κ2) is 11.9. The van der Waals surface area contributed by atoms with Crippen molar-refractivity contribution < 1.29 is 27.6 Å². The van der Waals surface area contributed by atoms with E-state index in [4.69, 9.17) is 21.1 Å². The molecule has 3 aromatic carbocycles. The quantitative estimate of drug-likeness (QED) is 0.277. The van der Waals surface area contributed by atoms with E-state index in [1.54, 1.807) is 24.3 Å². The van der Waals surface area contributed by atoms with Crippen molar-refractivity contribution in [1.29, 1.82) is 0 Å². The number of hydrogen-bond acceptors (Lipinski definition) is 7. The van der Waals surface area contributed by atoms with Gasteiger partial charge in [-0.3, -0.25) is 19.2 Å². The van der Waals surface area contributed by atoms with E-state index in [0.29, 0.717) is 17.9 Å². The van der Waals surface area contributed by atoms with Crippen LogP contribution in [-0.4, -0.2) is 39.5 Å². The Morgan fingerprint density at radius 3 is 2.57 bits per heavy atom. The Hall–Kier alpha value is -3.83. The Labute approximate surface area is 220 Å². The summed E-state index contributed by atoms with van der Waals surface area (Å²) in [7, 11) is -3.11. The SMILES string of the molecule is CCOc1cccc(CNC(=O)CN(c2cc(Cl)ccc2OC)S(=O)(=O)c2ccc(C)c([N+](=O)[O-])c2)c1. The van der Waals surface area contributed by atoms with Crippen molar-refractivity contribution in [2.24, 2.45) is 0 Å². The zero-order chi connectivity index (χ0) is 27.2. The number of nitrogens with zero attached hydrogens (tertiary/aromatic N) is 2. The summed E-state index contributed by atoms with van der Waals surface area (Å²) in [5.41, 5.74) is 0.690. The molecule has 0 heterocycles. The lowest BCUT2D eigenvalue weighted by molar-refractivity contribution is -0.385. The second-order valence-electron chi connectivity index (χ2n) is 7.89. The Kier molecular flexibility index (Phi) is 8.95. The maximum Gasteiger partial charge on any atom is 0.273 e. The fourth-order valence-corrected chi connectivity index (χ4v) is 5.14. The van der Waals surface area contributed by atoms with Crippen molar-refractivity contribution in [1.82, 2.24) is 5.32 Å². The molecule has 0 bridgehead atoms. The number of anilines is 1. The fourth-order valence-electron chi connectivity index (χ4n) is 3.53. The fraction of sp³-hybridized carbons (Fsp3) is 0.240. The third-order valence-electron chi connectivity index (χ3n) is 5.36. The average molecular weight is 548 g/mol. The number of hydrogen-bond donors (Lipinski definition) is 1. The molecule has 0 spiro atoms. The second-order valence-corrected chi connectivity index (χ2v) is 10.2. The molecule has 3 aromatic rings. The molecule has 0 aliphatic carbocycles. The molecule has 1 amide bonds. The van der Waals surface area contributed by atoms with Crippen LogP contribution in [0.1, 0.15) is 18.1 Å². The van der Waals surface area contributed by atoms with Crippen LogP contribution in [-0.2, 0) is 21.4 Å².